The Morgan fingerprint density at radius 1 is 1.27 bits per heavy atom. The van der Waals surface area contributed by atoms with Crippen LogP contribution in [0.5, 0.6) is 5.75 Å². The number of hydrazone groups is 1. The number of hydrogen-bond acceptors (Lipinski definition) is 3. The van der Waals surface area contributed by atoms with E-state index >= 15 is 0 Å². The highest BCUT2D eigenvalue weighted by Crippen LogP contribution is 2.21. The third-order valence-corrected chi connectivity index (χ3v) is 3.52. The first-order valence-corrected chi connectivity index (χ1v) is 7.79. The summed E-state index contributed by atoms with van der Waals surface area (Å²) >= 11 is 8.63. The lowest BCUT2D eigenvalue weighted by Crippen LogP contribution is -2.23. The minimum atomic E-state index is 0.427. The van der Waals surface area contributed by atoms with Crippen molar-refractivity contribution in [3.8, 4) is 5.75 Å². The maximum atomic E-state index is 5.28. The molecule has 2 aromatic rings. The highest BCUT2D eigenvalue weighted by Gasteiger charge is 2.01. The van der Waals surface area contributed by atoms with E-state index in [1.807, 2.05) is 49.4 Å². The SMILES string of the molecule is COc1ccc(Br)cc1C=NNC(=S)Nc1cccc(C)c1. The van der Waals surface area contributed by atoms with E-state index in [2.05, 4.69) is 31.8 Å². The van der Waals surface area contributed by atoms with Gasteiger partial charge in [0.1, 0.15) is 5.75 Å². The Labute approximate surface area is 143 Å². The summed E-state index contributed by atoms with van der Waals surface area (Å²) in [7, 11) is 1.62. The number of nitrogens with one attached hydrogen (secondary N) is 2. The molecule has 0 heterocycles. The molecular formula is C16H16BrN3OS. The maximum Gasteiger partial charge on any atom is 0.191 e. The third kappa shape index (κ3) is 4.82. The Morgan fingerprint density at radius 2 is 2.09 bits per heavy atom. The lowest BCUT2D eigenvalue weighted by atomic mass is 10.2. The first-order chi connectivity index (χ1) is 10.6. The Bertz CT molecular complexity index is 704. The van der Waals surface area contributed by atoms with E-state index in [1.54, 1.807) is 13.3 Å². The molecule has 22 heavy (non-hydrogen) atoms. The predicted molar refractivity (Wildman–Crippen MR) is 98.8 cm³/mol. The number of ether oxygens (including phenoxy) is 1. The average Bonchev–Trinajstić information content (AvgIpc) is 2.47. The van der Waals surface area contributed by atoms with Gasteiger partial charge in [-0.05, 0) is 55.0 Å². The van der Waals surface area contributed by atoms with Crippen LogP contribution in [0.2, 0.25) is 0 Å². The minimum absolute atomic E-state index is 0.427. The topological polar surface area (TPSA) is 45.6 Å². The zero-order valence-electron chi connectivity index (χ0n) is 12.3. The molecule has 6 heteroatoms. The van der Waals surface area contributed by atoms with Crippen LogP contribution in [0.3, 0.4) is 0 Å². The highest BCUT2D eigenvalue weighted by atomic mass is 79.9. The van der Waals surface area contributed by atoms with Crippen LogP contribution in [0, 0.1) is 6.92 Å². The molecule has 0 aliphatic carbocycles. The number of thiocarbonyl (C=S) groups is 1. The van der Waals surface area contributed by atoms with E-state index in [1.165, 1.54) is 0 Å². The van der Waals surface area contributed by atoms with E-state index in [0.717, 1.165) is 27.0 Å². The van der Waals surface area contributed by atoms with Crippen LogP contribution in [0.4, 0.5) is 5.69 Å². The van der Waals surface area contributed by atoms with Gasteiger partial charge in [0.2, 0.25) is 0 Å². The van der Waals surface area contributed by atoms with Crippen molar-refractivity contribution in [3.63, 3.8) is 0 Å². The first kappa shape index (κ1) is 16.5. The molecule has 2 N–H and O–H groups in total. The standard InChI is InChI=1S/C16H16BrN3OS/c1-11-4-3-5-14(8-11)19-16(22)20-18-10-12-9-13(17)6-7-15(12)21-2/h3-10H,1-2H3,(H2,19,20,22). The van der Waals surface area contributed by atoms with Crippen molar-refractivity contribution in [2.24, 2.45) is 5.10 Å². The first-order valence-electron chi connectivity index (χ1n) is 6.59. The lowest BCUT2D eigenvalue weighted by molar-refractivity contribution is 0.414. The van der Waals surface area contributed by atoms with E-state index in [4.69, 9.17) is 17.0 Å². The van der Waals surface area contributed by atoms with Gasteiger partial charge in [0, 0.05) is 15.7 Å². The minimum Gasteiger partial charge on any atom is -0.496 e. The molecule has 0 amide bonds. The van der Waals surface area contributed by atoms with Crippen molar-refractivity contribution in [2.45, 2.75) is 6.92 Å². The molecule has 0 spiro atoms. The lowest BCUT2D eigenvalue weighted by Gasteiger charge is -2.08. The molecule has 114 valence electrons. The summed E-state index contributed by atoms with van der Waals surface area (Å²) in [6.45, 7) is 2.03. The second kappa shape index (κ2) is 7.91. The molecule has 0 fully saturated rings. The number of halogens is 1. The van der Waals surface area contributed by atoms with Gasteiger partial charge in [-0.15, -0.1) is 0 Å². The molecule has 2 rings (SSSR count). The largest absolute Gasteiger partial charge is 0.496 e. The monoisotopic (exact) mass is 377 g/mol. The van der Waals surface area contributed by atoms with Crippen molar-refractivity contribution >= 4 is 45.2 Å². The van der Waals surface area contributed by atoms with Crippen molar-refractivity contribution < 1.29 is 4.74 Å². The fourth-order valence-corrected chi connectivity index (χ4v) is 2.40. The van der Waals surface area contributed by atoms with Gasteiger partial charge in [-0.25, -0.2) is 0 Å². The van der Waals surface area contributed by atoms with Crippen LogP contribution in [0.25, 0.3) is 0 Å². The fraction of sp³-hybridized carbons (Fsp3) is 0.125. The van der Waals surface area contributed by atoms with Crippen molar-refractivity contribution in [1.29, 1.82) is 0 Å². The number of anilines is 1. The van der Waals surface area contributed by atoms with Crippen LogP contribution in [0.15, 0.2) is 52.0 Å². The van der Waals surface area contributed by atoms with E-state index in [-0.39, 0.29) is 0 Å². The Morgan fingerprint density at radius 3 is 2.82 bits per heavy atom. The van der Waals surface area contributed by atoms with Crippen LogP contribution in [0.1, 0.15) is 11.1 Å². The molecule has 2 aromatic carbocycles. The summed E-state index contributed by atoms with van der Waals surface area (Å²) in [5.41, 5.74) is 5.72. The Balaban J connectivity index is 1.97. The number of methoxy groups -OCH3 is 1. The molecule has 0 saturated heterocycles. The predicted octanol–water partition coefficient (Wildman–Crippen LogP) is 4.09. The summed E-state index contributed by atoms with van der Waals surface area (Å²) in [5, 5.41) is 7.63. The second-order valence-electron chi connectivity index (χ2n) is 4.58. The Kier molecular flexibility index (Phi) is 5.91. The van der Waals surface area contributed by atoms with Gasteiger partial charge >= 0.3 is 0 Å². The zero-order chi connectivity index (χ0) is 15.9. The molecule has 0 aliphatic rings. The normalized spacial score (nSPS) is 10.5. The van der Waals surface area contributed by atoms with E-state index < -0.39 is 0 Å². The van der Waals surface area contributed by atoms with Gasteiger partial charge in [-0.3, -0.25) is 5.43 Å². The molecule has 0 bridgehead atoms. The second-order valence-corrected chi connectivity index (χ2v) is 5.90. The quantitative estimate of drug-likeness (QED) is 0.478. The number of rotatable bonds is 4. The summed E-state index contributed by atoms with van der Waals surface area (Å²) in [6.07, 6.45) is 1.66. The summed E-state index contributed by atoms with van der Waals surface area (Å²) in [4.78, 5) is 0. The van der Waals surface area contributed by atoms with Gasteiger partial charge in [0.05, 0.1) is 13.3 Å². The molecule has 0 saturated carbocycles. The van der Waals surface area contributed by atoms with Crippen LogP contribution >= 0.6 is 28.1 Å². The van der Waals surface area contributed by atoms with E-state index in [0.29, 0.717) is 5.11 Å². The maximum absolute atomic E-state index is 5.28. The molecule has 0 aliphatic heterocycles. The van der Waals surface area contributed by atoms with Crippen molar-refractivity contribution in [3.05, 3.63) is 58.1 Å². The van der Waals surface area contributed by atoms with Crippen LogP contribution < -0.4 is 15.5 Å². The van der Waals surface area contributed by atoms with Gasteiger partial charge in [-0.1, -0.05) is 28.1 Å². The van der Waals surface area contributed by atoms with E-state index in [9.17, 15) is 0 Å². The third-order valence-electron chi connectivity index (χ3n) is 2.84. The smallest absolute Gasteiger partial charge is 0.191 e. The molecule has 0 radical (unpaired) electrons. The molecular weight excluding hydrogens is 362 g/mol. The van der Waals surface area contributed by atoms with Gasteiger partial charge < -0.3 is 10.1 Å². The van der Waals surface area contributed by atoms with Gasteiger partial charge in [-0.2, -0.15) is 5.10 Å². The Hall–Kier alpha value is -1.92. The molecule has 4 nitrogen and oxygen atoms in total. The van der Waals surface area contributed by atoms with Gasteiger partial charge in [0.15, 0.2) is 5.11 Å². The molecule has 0 unspecified atom stereocenters. The number of nitrogens with zero attached hydrogens (tertiary/aromatic N) is 1. The average molecular weight is 378 g/mol. The summed E-state index contributed by atoms with van der Waals surface area (Å²) in [6, 6.07) is 13.6. The molecule has 0 atom stereocenters. The number of hydrogen-bond donors (Lipinski definition) is 2. The van der Waals surface area contributed by atoms with Crippen LogP contribution in [-0.4, -0.2) is 18.4 Å². The van der Waals surface area contributed by atoms with Gasteiger partial charge in [0.25, 0.3) is 0 Å². The highest BCUT2D eigenvalue weighted by molar-refractivity contribution is 9.10. The van der Waals surface area contributed by atoms with Crippen molar-refractivity contribution in [2.75, 3.05) is 12.4 Å². The number of benzene rings is 2. The summed E-state index contributed by atoms with van der Waals surface area (Å²) < 4.78 is 6.23. The fourth-order valence-electron chi connectivity index (χ4n) is 1.85. The number of aryl methyl sites for hydroxylation is 1. The molecule has 0 aromatic heterocycles. The van der Waals surface area contributed by atoms with Crippen LogP contribution in [-0.2, 0) is 0 Å². The zero-order valence-corrected chi connectivity index (χ0v) is 14.7. The summed E-state index contributed by atoms with van der Waals surface area (Å²) in [5.74, 6) is 0.742. The van der Waals surface area contributed by atoms with Crippen molar-refractivity contribution in [1.82, 2.24) is 5.43 Å².